The molecule has 0 heterocycles. The van der Waals surface area contributed by atoms with Gasteiger partial charge in [-0.05, 0) is 56.3 Å². The maximum Gasteiger partial charge on any atom is 0.307 e. The van der Waals surface area contributed by atoms with Gasteiger partial charge in [0.1, 0.15) is 11.4 Å². The van der Waals surface area contributed by atoms with E-state index in [0.717, 1.165) is 31.4 Å². The van der Waals surface area contributed by atoms with Crippen molar-refractivity contribution in [3.63, 3.8) is 0 Å². The van der Waals surface area contributed by atoms with Crippen molar-refractivity contribution in [3.05, 3.63) is 0 Å². The van der Waals surface area contributed by atoms with Crippen molar-refractivity contribution in [2.75, 3.05) is 6.54 Å². The van der Waals surface area contributed by atoms with Crippen molar-refractivity contribution in [1.82, 2.24) is 0 Å². The highest BCUT2D eigenvalue weighted by Gasteiger charge is 2.68. The highest BCUT2D eigenvalue weighted by atomic mass is 16.6. The second-order valence-electron chi connectivity index (χ2n) is 10.7. The Morgan fingerprint density at radius 3 is 2.69 bits per heavy atom. The van der Waals surface area contributed by atoms with Gasteiger partial charge in [0.05, 0.1) is 12.1 Å². The van der Waals surface area contributed by atoms with Gasteiger partial charge in [0, 0.05) is 30.2 Å². The normalized spacial score (nSPS) is 48.0. The smallest absolute Gasteiger partial charge is 0.307 e. The van der Waals surface area contributed by atoms with E-state index in [-0.39, 0.29) is 48.4 Å². The molecular weight excluding hydrogens is 368 g/mol. The molecule has 7 atom stereocenters. The van der Waals surface area contributed by atoms with Crippen LogP contribution in [-0.4, -0.2) is 34.8 Å². The van der Waals surface area contributed by atoms with Gasteiger partial charge in [-0.3, -0.25) is 9.59 Å². The van der Waals surface area contributed by atoms with Crippen LogP contribution >= 0.6 is 0 Å². The fourth-order valence-corrected chi connectivity index (χ4v) is 8.05. The summed E-state index contributed by atoms with van der Waals surface area (Å²) in [5, 5.41) is 13.6. The molecule has 0 aromatic carbocycles. The largest absolute Gasteiger partial charge is 0.459 e. The van der Waals surface area contributed by atoms with Gasteiger partial charge in [0.25, 0.3) is 0 Å². The van der Waals surface area contributed by atoms with E-state index >= 15 is 0 Å². The van der Waals surface area contributed by atoms with Crippen LogP contribution in [0.4, 0.5) is 0 Å². The minimum atomic E-state index is -0.806. The van der Waals surface area contributed by atoms with Crippen molar-refractivity contribution in [2.45, 2.75) is 84.2 Å². The Labute approximate surface area is 173 Å². The molecule has 162 valence electrons. The maximum absolute atomic E-state index is 13.2. The van der Waals surface area contributed by atoms with Crippen LogP contribution in [0.15, 0.2) is 5.16 Å². The number of ketones is 1. The summed E-state index contributed by atoms with van der Waals surface area (Å²) in [6.45, 7) is 6.64. The highest BCUT2D eigenvalue weighted by molar-refractivity contribution is 5.91. The van der Waals surface area contributed by atoms with Crippen LogP contribution in [0.5, 0.6) is 0 Å². The first-order valence-corrected chi connectivity index (χ1v) is 11.4. The lowest BCUT2D eigenvalue weighted by Crippen LogP contribution is -2.59. The molecule has 4 aliphatic rings. The van der Waals surface area contributed by atoms with E-state index in [0.29, 0.717) is 18.3 Å². The number of hydrogen-bond donors (Lipinski definition) is 2. The second-order valence-corrected chi connectivity index (χ2v) is 10.7. The van der Waals surface area contributed by atoms with Crippen molar-refractivity contribution in [3.8, 4) is 0 Å². The van der Waals surface area contributed by atoms with E-state index in [2.05, 4.69) is 19.0 Å². The number of carbonyl (C=O) groups excluding carboxylic acids is 2. The molecule has 3 N–H and O–H groups in total. The van der Waals surface area contributed by atoms with Crippen LogP contribution in [0.3, 0.4) is 0 Å². The number of Topliss-reactive ketones (excluding diaryl/α,β-unsaturated/α-hetero) is 1. The molecule has 4 rings (SSSR count). The topological polar surface area (TPSA) is 102 Å². The third-order valence-corrected chi connectivity index (χ3v) is 9.18. The Hall–Kier alpha value is -1.43. The lowest BCUT2D eigenvalue weighted by atomic mass is 9.44. The minimum Gasteiger partial charge on any atom is -0.459 e. The van der Waals surface area contributed by atoms with E-state index in [1.54, 1.807) is 0 Å². The molecule has 29 heavy (non-hydrogen) atoms. The molecule has 0 unspecified atom stereocenters. The predicted octanol–water partition coefficient (Wildman–Crippen LogP) is 3.69. The Morgan fingerprint density at radius 2 is 2.00 bits per heavy atom. The zero-order valence-electron chi connectivity index (χ0n) is 18.1. The number of rotatable bonds is 3. The Bertz CT molecular complexity index is 736. The SMILES string of the molecule is C[C@]12CCCC[C@@H]1/C(=N/O)C[C@@H]1[C@@H]2CC[C@]2(C)C(=O)C[C@](C)(OC(=O)CCN)[C@H]12. The molecule has 0 bridgehead atoms. The molecular formula is C23H36N2O4. The zero-order chi connectivity index (χ0) is 21.0. The maximum atomic E-state index is 13.2. The lowest BCUT2D eigenvalue weighted by Gasteiger charge is -2.60. The number of carbonyl (C=O) groups is 2. The Kier molecular flexibility index (Phi) is 5.08. The summed E-state index contributed by atoms with van der Waals surface area (Å²) in [6, 6.07) is 0. The van der Waals surface area contributed by atoms with Gasteiger partial charge in [0.2, 0.25) is 0 Å². The Morgan fingerprint density at radius 1 is 1.24 bits per heavy atom. The highest BCUT2D eigenvalue weighted by Crippen LogP contribution is 2.67. The van der Waals surface area contributed by atoms with E-state index in [1.165, 1.54) is 12.8 Å². The average molecular weight is 405 g/mol. The number of nitrogens with zero attached hydrogens (tertiary/aromatic N) is 1. The van der Waals surface area contributed by atoms with Gasteiger partial charge in [-0.25, -0.2) is 0 Å². The third-order valence-electron chi connectivity index (χ3n) is 9.18. The molecule has 0 radical (unpaired) electrons. The zero-order valence-corrected chi connectivity index (χ0v) is 18.1. The van der Waals surface area contributed by atoms with Crippen molar-refractivity contribution in [1.29, 1.82) is 0 Å². The summed E-state index contributed by atoms with van der Waals surface area (Å²) in [6.07, 6.45) is 7.66. The molecule has 0 aliphatic heterocycles. The number of fused-ring (bicyclic) bond motifs is 5. The fourth-order valence-electron chi connectivity index (χ4n) is 8.05. The third kappa shape index (κ3) is 2.96. The number of hydrogen-bond acceptors (Lipinski definition) is 6. The molecule has 0 aromatic heterocycles. The van der Waals surface area contributed by atoms with Gasteiger partial charge in [-0.1, -0.05) is 31.8 Å². The minimum absolute atomic E-state index is 0.0422. The molecule has 4 aliphatic carbocycles. The van der Waals surface area contributed by atoms with Crippen LogP contribution in [0, 0.1) is 34.5 Å². The first-order valence-electron chi connectivity index (χ1n) is 11.4. The first kappa shape index (κ1) is 20.8. The van der Waals surface area contributed by atoms with E-state index in [9.17, 15) is 14.8 Å². The van der Waals surface area contributed by atoms with Crippen LogP contribution in [0.1, 0.15) is 78.6 Å². The summed E-state index contributed by atoms with van der Waals surface area (Å²) in [7, 11) is 0. The lowest BCUT2D eigenvalue weighted by molar-refractivity contribution is -0.176. The fraction of sp³-hybridized carbons (Fsp3) is 0.870. The predicted molar refractivity (Wildman–Crippen MR) is 110 cm³/mol. The number of nitrogens with two attached hydrogens (primary N) is 1. The molecule has 0 aromatic rings. The quantitative estimate of drug-likeness (QED) is 0.424. The van der Waals surface area contributed by atoms with E-state index in [1.807, 2.05) is 6.92 Å². The molecule has 0 amide bonds. The molecule has 4 saturated carbocycles. The molecule has 0 saturated heterocycles. The van der Waals surface area contributed by atoms with Crippen molar-refractivity contribution < 1.29 is 19.5 Å². The number of esters is 1. The summed E-state index contributed by atoms with van der Waals surface area (Å²) >= 11 is 0. The molecule has 0 spiro atoms. The number of oxime groups is 1. The van der Waals surface area contributed by atoms with E-state index in [4.69, 9.17) is 10.5 Å². The summed E-state index contributed by atoms with van der Waals surface area (Å²) in [5.41, 5.74) is 5.26. The van der Waals surface area contributed by atoms with Crippen LogP contribution in [0.25, 0.3) is 0 Å². The van der Waals surface area contributed by atoms with Crippen LogP contribution in [-0.2, 0) is 14.3 Å². The van der Waals surface area contributed by atoms with Crippen molar-refractivity contribution in [2.24, 2.45) is 45.4 Å². The Balaban J connectivity index is 1.74. The summed E-state index contributed by atoms with van der Waals surface area (Å²) in [4.78, 5) is 25.6. The molecule has 6 heteroatoms. The molecule has 6 nitrogen and oxygen atoms in total. The summed E-state index contributed by atoms with van der Waals surface area (Å²) < 4.78 is 5.99. The second kappa shape index (κ2) is 7.07. The van der Waals surface area contributed by atoms with Gasteiger partial charge in [-0.15, -0.1) is 0 Å². The first-order chi connectivity index (χ1) is 13.7. The molecule has 4 fully saturated rings. The monoisotopic (exact) mass is 404 g/mol. The van der Waals surface area contributed by atoms with E-state index < -0.39 is 11.0 Å². The number of ether oxygens (including phenoxy) is 1. The van der Waals surface area contributed by atoms with Crippen LogP contribution in [0.2, 0.25) is 0 Å². The van der Waals surface area contributed by atoms with Gasteiger partial charge in [0.15, 0.2) is 0 Å². The van der Waals surface area contributed by atoms with Gasteiger partial charge < -0.3 is 15.7 Å². The standard InChI is InChI=1S/C23H36N2O4/c1-21-9-5-4-6-16(21)17(25-28)12-14-15(21)7-10-22(2)18(26)13-23(3,20(14)22)29-19(27)8-11-24/h14-16,20,28H,4-13,24H2,1-3H3/b25-17+/t14-,15+,16-,20-,21-,22-,23+/m1/s1. The average Bonchev–Trinajstić information content (AvgIpc) is 2.86. The van der Waals surface area contributed by atoms with Gasteiger partial charge >= 0.3 is 5.97 Å². The van der Waals surface area contributed by atoms with Crippen LogP contribution < -0.4 is 5.73 Å². The van der Waals surface area contributed by atoms with Gasteiger partial charge in [-0.2, -0.15) is 0 Å². The van der Waals surface area contributed by atoms with Crippen molar-refractivity contribution >= 4 is 17.5 Å². The summed E-state index contributed by atoms with van der Waals surface area (Å²) in [5.74, 6) is 0.843.